The number of morpholine rings is 1. The number of amides is 1. The molecule has 0 radical (unpaired) electrons. The normalized spacial score (nSPS) is 20.9. The van der Waals surface area contributed by atoms with Gasteiger partial charge in [0, 0.05) is 13.6 Å². The minimum atomic E-state index is -0.216. The van der Waals surface area contributed by atoms with E-state index >= 15 is 0 Å². The zero-order valence-electron chi connectivity index (χ0n) is 11.8. The predicted molar refractivity (Wildman–Crippen MR) is 75.0 cm³/mol. The minimum absolute atomic E-state index is 0.0665. The van der Waals surface area contributed by atoms with Crippen LogP contribution in [0, 0.1) is 6.92 Å². The van der Waals surface area contributed by atoms with Crippen molar-refractivity contribution in [2.45, 2.75) is 25.9 Å². The third-order valence-corrected chi connectivity index (χ3v) is 3.71. The average Bonchev–Trinajstić information content (AvgIpc) is 2.46. The number of carbonyl (C=O) groups excluding carboxylic acids is 1. The Bertz CT molecular complexity index is 424. The molecule has 1 N–H and O–H groups in total. The van der Waals surface area contributed by atoms with Crippen molar-refractivity contribution in [3.05, 3.63) is 35.4 Å². The van der Waals surface area contributed by atoms with Crippen LogP contribution < -0.4 is 5.32 Å². The van der Waals surface area contributed by atoms with Crippen LogP contribution >= 0.6 is 0 Å². The molecular weight excluding hydrogens is 240 g/mol. The minimum Gasteiger partial charge on any atom is -0.378 e. The van der Waals surface area contributed by atoms with E-state index in [4.69, 9.17) is 4.74 Å². The molecule has 2 rings (SSSR count). The quantitative estimate of drug-likeness (QED) is 0.897. The predicted octanol–water partition coefficient (Wildman–Crippen LogP) is 1.50. The molecule has 0 aliphatic carbocycles. The molecule has 1 aromatic rings. The molecule has 1 amide bonds. The molecular formula is C15H22N2O2. The summed E-state index contributed by atoms with van der Waals surface area (Å²) >= 11 is 0. The number of aryl methyl sites for hydroxylation is 1. The molecule has 1 aliphatic heterocycles. The lowest BCUT2D eigenvalue weighted by atomic mass is 10.0. The van der Waals surface area contributed by atoms with Crippen LogP contribution in [0.4, 0.5) is 0 Å². The first-order valence-corrected chi connectivity index (χ1v) is 6.74. The Morgan fingerprint density at radius 2 is 2.11 bits per heavy atom. The van der Waals surface area contributed by atoms with Crippen molar-refractivity contribution >= 4 is 5.91 Å². The van der Waals surface area contributed by atoms with Crippen molar-refractivity contribution in [1.82, 2.24) is 10.2 Å². The fourth-order valence-electron chi connectivity index (χ4n) is 2.23. The monoisotopic (exact) mass is 262 g/mol. The molecule has 1 saturated heterocycles. The summed E-state index contributed by atoms with van der Waals surface area (Å²) < 4.78 is 5.34. The van der Waals surface area contributed by atoms with Crippen LogP contribution in [0.3, 0.4) is 0 Å². The lowest BCUT2D eigenvalue weighted by molar-refractivity contribution is -0.137. The van der Waals surface area contributed by atoms with Crippen molar-refractivity contribution < 1.29 is 9.53 Å². The van der Waals surface area contributed by atoms with Crippen LogP contribution in [0.5, 0.6) is 0 Å². The van der Waals surface area contributed by atoms with Crippen LogP contribution in [-0.4, -0.2) is 43.7 Å². The topological polar surface area (TPSA) is 41.6 Å². The molecule has 4 nitrogen and oxygen atoms in total. The molecule has 1 aliphatic rings. The Kier molecular flexibility index (Phi) is 4.56. The Morgan fingerprint density at radius 3 is 2.68 bits per heavy atom. The van der Waals surface area contributed by atoms with Crippen molar-refractivity contribution in [3.63, 3.8) is 0 Å². The van der Waals surface area contributed by atoms with Gasteiger partial charge in [0.1, 0.15) is 6.04 Å². The molecule has 1 aromatic carbocycles. The van der Waals surface area contributed by atoms with E-state index in [0.29, 0.717) is 13.2 Å². The summed E-state index contributed by atoms with van der Waals surface area (Å²) in [7, 11) is 1.85. The Morgan fingerprint density at radius 1 is 1.42 bits per heavy atom. The van der Waals surface area contributed by atoms with Gasteiger partial charge in [-0.2, -0.15) is 0 Å². The molecule has 4 heteroatoms. The Balaban J connectivity index is 2.03. The largest absolute Gasteiger partial charge is 0.378 e. The summed E-state index contributed by atoms with van der Waals surface area (Å²) in [5.41, 5.74) is 2.38. The van der Waals surface area contributed by atoms with Crippen LogP contribution in [0.2, 0.25) is 0 Å². The van der Waals surface area contributed by atoms with E-state index in [-0.39, 0.29) is 18.0 Å². The first kappa shape index (κ1) is 14.0. The number of ether oxygens (including phenoxy) is 1. The van der Waals surface area contributed by atoms with Gasteiger partial charge in [-0.1, -0.05) is 29.8 Å². The second-order valence-electron chi connectivity index (χ2n) is 5.12. The highest BCUT2D eigenvalue weighted by Crippen LogP contribution is 2.20. The van der Waals surface area contributed by atoms with Crippen molar-refractivity contribution in [3.8, 4) is 0 Å². The molecule has 0 aromatic heterocycles. The van der Waals surface area contributed by atoms with Crippen molar-refractivity contribution in [1.29, 1.82) is 0 Å². The second kappa shape index (κ2) is 6.17. The number of hydrogen-bond donors (Lipinski definition) is 1. The molecule has 2 unspecified atom stereocenters. The molecule has 1 heterocycles. The Hall–Kier alpha value is -1.39. The molecule has 19 heavy (non-hydrogen) atoms. The summed E-state index contributed by atoms with van der Waals surface area (Å²) in [6.07, 6.45) is 0. The maximum atomic E-state index is 12.4. The molecule has 104 valence electrons. The van der Waals surface area contributed by atoms with Gasteiger partial charge in [0.25, 0.3) is 0 Å². The van der Waals surface area contributed by atoms with Gasteiger partial charge in [0.2, 0.25) is 5.91 Å². The van der Waals surface area contributed by atoms with Gasteiger partial charge in [0.05, 0.1) is 19.3 Å². The number of benzene rings is 1. The fourth-order valence-corrected chi connectivity index (χ4v) is 2.23. The first-order valence-electron chi connectivity index (χ1n) is 6.74. The van der Waals surface area contributed by atoms with Crippen LogP contribution in [0.15, 0.2) is 24.3 Å². The highest BCUT2D eigenvalue weighted by atomic mass is 16.5. The highest BCUT2D eigenvalue weighted by molar-refractivity contribution is 5.82. The standard InChI is InChI=1S/C15H22N2O2/c1-11-4-6-13(7-5-11)12(2)17(3)15(18)14-10-19-9-8-16-14/h4-7,12,14,16H,8-10H2,1-3H3. The molecule has 2 atom stereocenters. The van der Waals surface area contributed by atoms with E-state index in [1.165, 1.54) is 5.56 Å². The lowest BCUT2D eigenvalue weighted by Crippen LogP contribution is -2.52. The maximum Gasteiger partial charge on any atom is 0.242 e. The van der Waals surface area contributed by atoms with Gasteiger partial charge >= 0.3 is 0 Å². The zero-order valence-corrected chi connectivity index (χ0v) is 11.8. The van der Waals surface area contributed by atoms with E-state index in [0.717, 1.165) is 12.1 Å². The van der Waals surface area contributed by atoms with Crippen LogP contribution in [0.1, 0.15) is 24.1 Å². The number of hydrogen-bond acceptors (Lipinski definition) is 3. The Labute approximate surface area is 114 Å². The first-order chi connectivity index (χ1) is 9.09. The van der Waals surface area contributed by atoms with Crippen molar-refractivity contribution in [2.75, 3.05) is 26.8 Å². The number of nitrogens with zero attached hydrogens (tertiary/aromatic N) is 1. The second-order valence-corrected chi connectivity index (χ2v) is 5.12. The van der Waals surface area contributed by atoms with Crippen molar-refractivity contribution in [2.24, 2.45) is 0 Å². The number of carbonyl (C=O) groups is 1. The van der Waals surface area contributed by atoms with Gasteiger partial charge in [-0.15, -0.1) is 0 Å². The van der Waals surface area contributed by atoms with E-state index in [1.54, 1.807) is 4.90 Å². The third kappa shape index (κ3) is 3.33. The summed E-state index contributed by atoms with van der Waals surface area (Å²) in [5, 5.41) is 3.20. The molecule has 1 fully saturated rings. The fraction of sp³-hybridized carbons (Fsp3) is 0.533. The van der Waals surface area contributed by atoms with Gasteiger partial charge in [-0.05, 0) is 19.4 Å². The van der Waals surface area contributed by atoms with Crippen LogP contribution in [0.25, 0.3) is 0 Å². The smallest absolute Gasteiger partial charge is 0.242 e. The molecule has 0 bridgehead atoms. The van der Waals surface area contributed by atoms with Gasteiger partial charge in [-0.25, -0.2) is 0 Å². The lowest BCUT2D eigenvalue weighted by Gasteiger charge is -2.31. The van der Waals surface area contributed by atoms with Gasteiger partial charge < -0.3 is 15.0 Å². The van der Waals surface area contributed by atoms with E-state index in [9.17, 15) is 4.79 Å². The summed E-state index contributed by atoms with van der Waals surface area (Å²) in [4.78, 5) is 14.2. The summed E-state index contributed by atoms with van der Waals surface area (Å²) in [5.74, 6) is 0.0905. The van der Waals surface area contributed by atoms with Gasteiger partial charge in [0.15, 0.2) is 0 Å². The van der Waals surface area contributed by atoms with Crippen LogP contribution in [-0.2, 0) is 9.53 Å². The number of rotatable bonds is 3. The van der Waals surface area contributed by atoms with E-state index in [1.807, 2.05) is 14.0 Å². The number of nitrogens with one attached hydrogen (secondary N) is 1. The maximum absolute atomic E-state index is 12.4. The number of likely N-dealkylation sites (N-methyl/N-ethyl adjacent to an activating group) is 1. The summed E-state index contributed by atoms with van der Waals surface area (Å²) in [6, 6.07) is 8.16. The SMILES string of the molecule is Cc1ccc(C(C)N(C)C(=O)C2COCCN2)cc1. The molecule has 0 saturated carbocycles. The highest BCUT2D eigenvalue weighted by Gasteiger charge is 2.27. The van der Waals surface area contributed by atoms with E-state index < -0.39 is 0 Å². The zero-order chi connectivity index (χ0) is 13.8. The average molecular weight is 262 g/mol. The van der Waals surface area contributed by atoms with Gasteiger partial charge in [-0.3, -0.25) is 4.79 Å². The third-order valence-electron chi connectivity index (χ3n) is 3.71. The summed E-state index contributed by atoms with van der Waals surface area (Å²) in [6.45, 7) is 5.99. The van der Waals surface area contributed by atoms with E-state index in [2.05, 4.69) is 36.5 Å². The molecule has 0 spiro atoms.